The average molecular weight is 291 g/mol. The molecule has 0 radical (unpaired) electrons. The van der Waals surface area contributed by atoms with Crippen molar-refractivity contribution in [2.24, 2.45) is 11.8 Å². The van der Waals surface area contributed by atoms with Gasteiger partial charge in [0, 0.05) is 11.1 Å². The highest BCUT2D eigenvalue weighted by atomic mass is 35.5. The van der Waals surface area contributed by atoms with Gasteiger partial charge in [-0.2, -0.15) is 0 Å². The molecule has 1 unspecified atom stereocenters. The van der Waals surface area contributed by atoms with Crippen LogP contribution in [0.25, 0.3) is 0 Å². The first-order valence-corrected chi connectivity index (χ1v) is 7.92. The Morgan fingerprint density at radius 2 is 1.70 bits per heavy atom. The van der Waals surface area contributed by atoms with E-state index < -0.39 is 0 Å². The molecule has 2 aliphatic carbocycles. The van der Waals surface area contributed by atoms with Gasteiger partial charge in [0.1, 0.15) is 6.17 Å². The highest BCUT2D eigenvalue weighted by Gasteiger charge is 2.49. The molecule has 1 aromatic rings. The van der Waals surface area contributed by atoms with Crippen molar-refractivity contribution in [1.29, 1.82) is 0 Å². The van der Waals surface area contributed by atoms with Crippen molar-refractivity contribution >= 4 is 17.5 Å². The van der Waals surface area contributed by atoms with E-state index in [9.17, 15) is 4.79 Å². The lowest BCUT2D eigenvalue weighted by Gasteiger charge is -2.33. The predicted molar refractivity (Wildman–Crippen MR) is 78.3 cm³/mol. The van der Waals surface area contributed by atoms with Crippen LogP contribution in [0, 0.1) is 11.8 Å². The number of benzene rings is 1. The van der Waals surface area contributed by atoms with Crippen molar-refractivity contribution in [3.05, 3.63) is 34.9 Å². The van der Waals surface area contributed by atoms with Crippen molar-refractivity contribution < 1.29 is 4.79 Å². The number of hydrogen-bond donors (Lipinski definition) is 1. The maximum absolute atomic E-state index is 12.4. The molecule has 2 saturated carbocycles. The molecule has 3 fully saturated rings. The number of nitrogens with zero attached hydrogens (tertiary/aromatic N) is 1. The summed E-state index contributed by atoms with van der Waals surface area (Å²) < 4.78 is 0. The normalized spacial score (nSPS) is 26.6. The molecule has 1 aliphatic heterocycles. The Hall–Kier alpha value is -1.06. The van der Waals surface area contributed by atoms with Gasteiger partial charge in [0.25, 0.3) is 0 Å². The van der Waals surface area contributed by atoms with Crippen molar-refractivity contribution in [1.82, 2.24) is 10.2 Å². The monoisotopic (exact) mass is 290 g/mol. The van der Waals surface area contributed by atoms with Crippen LogP contribution in [0.5, 0.6) is 0 Å². The molecule has 0 spiro atoms. The summed E-state index contributed by atoms with van der Waals surface area (Å²) in [5.74, 6) is 1.73. The molecule has 4 rings (SSSR count). The van der Waals surface area contributed by atoms with Gasteiger partial charge < -0.3 is 4.90 Å². The Morgan fingerprint density at radius 1 is 1.10 bits per heavy atom. The lowest BCUT2D eigenvalue weighted by atomic mass is 10.0. The Bertz CT molecular complexity index is 510. The molecule has 4 heteroatoms. The number of carbonyl (C=O) groups excluding carboxylic acids is 1. The first kappa shape index (κ1) is 12.7. The molecular formula is C16H19ClN2O. The highest BCUT2D eigenvalue weighted by molar-refractivity contribution is 6.30. The summed E-state index contributed by atoms with van der Waals surface area (Å²) in [5.41, 5.74) is 1.14. The summed E-state index contributed by atoms with van der Waals surface area (Å²) in [4.78, 5) is 14.5. The number of hydrogen-bond acceptors (Lipinski definition) is 2. The summed E-state index contributed by atoms with van der Waals surface area (Å²) in [5, 5.41) is 4.11. The molecule has 1 amide bonds. The molecule has 1 aromatic carbocycles. The molecule has 1 saturated heterocycles. The minimum atomic E-state index is 0.0333. The third-order valence-corrected chi connectivity index (χ3v) is 4.98. The molecule has 20 heavy (non-hydrogen) atoms. The lowest BCUT2D eigenvalue weighted by Crippen LogP contribution is -2.42. The number of halogens is 1. The first-order chi connectivity index (χ1) is 9.74. The molecule has 1 N–H and O–H groups in total. The largest absolute Gasteiger partial charge is 0.318 e. The van der Waals surface area contributed by atoms with Crippen LogP contribution in [0.2, 0.25) is 5.02 Å². The average Bonchev–Trinajstić information content (AvgIpc) is 3.34. The van der Waals surface area contributed by atoms with Crippen molar-refractivity contribution in [3.63, 3.8) is 0 Å². The Morgan fingerprint density at radius 3 is 2.25 bits per heavy atom. The third kappa shape index (κ3) is 2.23. The van der Waals surface area contributed by atoms with Gasteiger partial charge in [0.15, 0.2) is 0 Å². The van der Waals surface area contributed by atoms with E-state index >= 15 is 0 Å². The van der Waals surface area contributed by atoms with Crippen LogP contribution in [-0.4, -0.2) is 23.4 Å². The Labute approximate surface area is 124 Å². The van der Waals surface area contributed by atoms with Gasteiger partial charge in [-0.15, -0.1) is 0 Å². The lowest BCUT2D eigenvalue weighted by molar-refractivity contribution is -0.131. The van der Waals surface area contributed by atoms with E-state index in [1.165, 1.54) is 25.7 Å². The predicted octanol–water partition coefficient (Wildman–Crippen LogP) is 2.96. The van der Waals surface area contributed by atoms with E-state index in [0.29, 0.717) is 12.6 Å². The van der Waals surface area contributed by atoms with E-state index in [4.69, 9.17) is 11.6 Å². The number of nitrogens with one attached hydrogen (secondary N) is 1. The molecule has 0 aromatic heterocycles. The smallest absolute Gasteiger partial charge is 0.238 e. The van der Waals surface area contributed by atoms with E-state index in [1.54, 1.807) is 0 Å². The molecule has 1 heterocycles. The second-order valence-corrected chi connectivity index (χ2v) is 6.74. The fraction of sp³-hybridized carbons (Fsp3) is 0.562. The number of amides is 1. The highest BCUT2D eigenvalue weighted by Crippen LogP contribution is 2.49. The molecule has 3 nitrogen and oxygen atoms in total. The maximum Gasteiger partial charge on any atom is 0.238 e. The zero-order chi connectivity index (χ0) is 13.7. The second-order valence-electron chi connectivity index (χ2n) is 6.30. The summed E-state index contributed by atoms with van der Waals surface area (Å²) in [6, 6.07) is 8.33. The fourth-order valence-electron chi connectivity index (χ4n) is 3.49. The fourth-order valence-corrected chi connectivity index (χ4v) is 3.62. The van der Waals surface area contributed by atoms with E-state index in [2.05, 4.69) is 10.2 Å². The maximum atomic E-state index is 12.4. The summed E-state index contributed by atoms with van der Waals surface area (Å²) in [7, 11) is 0. The van der Waals surface area contributed by atoms with Crippen molar-refractivity contribution in [3.8, 4) is 0 Å². The van der Waals surface area contributed by atoms with Gasteiger partial charge in [0.05, 0.1) is 6.54 Å². The van der Waals surface area contributed by atoms with Gasteiger partial charge in [0.2, 0.25) is 5.91 Å². The van der Waals surface area contributed by atoms with Crippen LogP contribution in [-0.2, 0) is 4.79 Å². The molecule has 106 valence electrons. The van der Waals surface area contributed by atoms with Gasteiger partial charge in [-0.3, -0.25) is 10.1 Å². The van der Waals surface area contributed by atoms with Crippen molar-refractivity contribution in [2.45, 2.75) is 37.9 Å². The quantitative estimate of drug-likeness (QED) is 0.925. The van der Waals surface area contributed by atoms with E-state index in [1.807, 2.05) is 24.3 Å². The molecule has 3 aliphatic rings. The summed E-state index contributed by atoms with van der Waals surface area (Å²) in [6.07, 6.45) is 5.19. The van der Waals surface area contributed by atoms with Gasteiger partial charge in [-0.1, -0.05) is 23.7 Å². The first-order valence-electron chi connectivity index (χ1n) is 7.54. The minimum absolute atomic E-state index is 0.0333. The van der Waals surface area contributed by atoms with Gasteiger partial charge >= 0.3 is 0 Å². The summed E-state index contributed by atoms with van der Waals surface area (Å²) >= 11 is 5.97. The summed E-state index contributed by atoms with van der Waals surface area (Å²) in [6.45, 7) is 0.462. The van der Waals surface area contributed by atoms with Crippen LogP contribution in [0.15, 0.2) is 24.3 Å². The van der Waals surface area contributed by atoms with E-state index in [-0.39, 0.29) is 12.1 Å². The molecule has 1 atom stereocenters. The van der Waals surface area contributed by atoms with E-state index in [0.717, 1.165) is 22.4 Å². The Kier molecular flexibility index (Phi) is 3.00. The molecule has 0 bridgehead atoms. The molecular weight excluding hydrogens is 272 g/mol. The minimum Gasteiger partial charge on any atom is -0.318 e. The van der Waals surface area contributed by atoms with Crippen LogP contribution < -0.4 is 5.32 Å². The van der Waals surface area contributed by atoms with Crippen LogP contribution >= 0.6 is 11.6 Å². The van der Waals surface area contributed by atoms with Crippen LogP contribution in [0.3, 0.4) is 0 Å². The van der Waals surface area contributed by atoms with Crippen LogP contribution in [0.4, 0.5) is 0 Å². The topological polar surface area (TPSA) is 32.3 Å². The van der Waals surface area contributed by atoms with Crippen molar-refractivity contribution in [2.75, 3.05) is 6.54 Å². The number of rotatable bonds is 4. The second kappa shape index (κ2) is 4.74. The standard InChI is InChI=1S/C16H19ClN2O/c17-13-7-5-12(6-8-13)16-18-9-14(20)19(16)15(10-1-2-10)11-3-4-11/h5-8,10-11,15-16,18H,1-4,9H2. The Balaban J connectivity index is 1.64. The SMILES string of the molecule is O=C1CNC(c2ccc(Cl)cc2)N1C(C1CC1)C1CC1. The number of carbonyl (C=O) groups is 1. The van der Waals surface area contributed by atoms with Crippen LogP contribution in [0.1, 0.15) is 37.4 Å². The zero-order valence-electron chi connectivity index (χ0n) is 11.4. The van der Waals surface area contributed by atoms with Gasteiger partial charge in [-0.05, 0) is 55.2 Å². The zero-order valence-corrected chi connectivity index (χ0v) is 12.1. The third-order valence-electron chi connectivity index (χ3n) is 4.73. The van der Waals surface area contributed by atoms with Gasteiger partial charge in [-0.25, -0.2) is 0 Å².